The van der Waals surface area contributed by atoms with E-state index in [4.69, 9.17) is 0 Å². The molecule has 2 heterocycles. The number of imide groups is 1. The molecule has 2 fully saturated rings. The number of nitrogens with one attached hydrogen (secondary N) is 3. The van der Waals surface area contributed by atoms with Crippen LogP contribution in [-0.2, 0) is 4.79 Å². The van der Waals surface area contributed by atoms with Crippen molar-refractivity contribution in [2.24, 2.45) is 4.99 Å². The van der Waals surface area contributed by atoms with Gasteiger partial charge < -0.3 is 20.9 Å². The molecule has 2 aliphatic rings. The van der Waals surface area contributed by atoms with E-state index in [1.54, 1.807) is 7.05 Å². The Kier molecular flexibility index (Phi) is 10.1. The van der Waals surface area contributed by atoms with Crippen molar-refractivity contribution in [1.29, 1.82) is 0 Å². The number of urea groups is 1. The summed E-state index contributed by atoms with van der Waals surface area (Å²) >= 11 is 0. The standard InChI is InChI=1S/C16H30N6O2.HI/c1-3-4-8-21-9-5-13(6-10-21)20-15(17-2)18-7-11-22-14(23)12-19-16(22)24;/h13H,3-12H2,1-2H3,(H,19,24)(H2,17,18,20);1H. The first-order chi connectivity index (χ1) is 11.6. The van der Waals surface area contributed by atoms with Gasteiger partial charge in [0.15, 0.2) is 5.96 Å². The molecular formula is C16H31IN6O2. The molecule has 2 rings (SSSR count). The molecule has 3 N–H and O–H groups in total. The largest absolute Gasteiger partial charge is 0.355 e. The van der Waals surface area contributed by atoms with E-state index in [0.29, 0.717) is 19.1 Å². The molecule has 0 bridgehead atoms. The van der Waals surface area contributed by atoms with Crippen LogP contribution < -0.4 is 16.0 Å². The van der Waals surface area contributed by atoms with Gasteiger partial charge in [-0.15, -0.1) is 24.0 Å². The first-order valence-electron chi connectivity index (χ1n) is 8.91. The highest BCUT2D eigenvalue weighted by molar-refractivity contribution is 14.0. The molecule has 25 heavy (non-hydrogen) atoms. The molecule has 8 nitrogen and oxygen atoms in total. The highest BCUT2D eigenvalue weighted by atomic mass is 127. The summed E-state index contributed by atoms with van der Waals surface area (Å²) in [4.78, 5) is 31.0. The molecule has 144 valence electrons. The maximum Gasteiger partial charge on any atom is 0.324 e. The number of likely N-dealkylation sites (tertiary alicyclic amines) is 1. The van der Waals surface area contributed by atoms with Gasteiger partial charge >= 0.3 is 6.03 Å². The van der Waals surface area contributed by atoms with Crippen LogP contribution in [0, 0.1) is 0 Å². The van der Waals surface area contributed by atoms with Crippen molar-refractivity contribution in [3.63, 3.8) is 0 Å². The fraction of sp³-hybridized carbons (Fsp3) is 0.812. The number of hydrogen-bond acceptors (Lipinski definition) is 4. The Bertz CT molecular complexity index is 450. The fourth-order valence-electron chi connectivity index (χ4n) is 3.04. The smallest absolute Gasteiger partial charge is 0.324 e. The Labute approximate surface area is 167 Å². The van der Waals surface area contributed by atoms with E-state index in [2.05, 4.69) is 32.8 Å². The van der Waals surface area contributed by atoms with Crippen molar-refractivity contribution < 1.29 is 9.59 Å². The summed E-state index contributed by atoms with van der Waals surface area (Å²) in [7, 11) is 1.74. The zero-order valence-corrected chi connectivity index (χ0v) is 17.5. The van der Waals surface area contributed by atoms with Crippen LogP contribution in [0.25, 0.3) is 0 Å². The normalized spacial score (nSPS) is 19.6. The second-order valence-corrected chi connectivity index (χ2v) is 6.32. The Morgan fingerprint density at radius 3 is 2.56 bits per heavy atom. The van der Waals surface area contributed by atoms with Gasteiger partial charge in [0, 0.05) is 39.3 Å². The Morgan fingerprint density at radius 2 is 2.00 bits per heavy atom. The van der Waals surface area contributed by atoms with Crippen molar-refractivity contribution in [2.45, 2.75) is 38.6 Å². The summed E-state index contributed by atoms with van der Waals surface area (Å²) in [6, 6.07) is 0.106. The number of halogens is 1. The third-order valence-corrected chi connectivity index (χ3v) is 4.54. The lowest BCUT2D eigenvalue weighted by Crippen LogP contribution is -2.50. The summed E-state index contributed by atoms with van der Waals surface area (Å²) in [5.41, 5.74) is 0. The van der Waals surface area contributed by atoms with E-state index in [0.717, 1.165) is 31.9 Å². The minimum Gasteiger partial charge on any atom is -0.355 e. The maximum atomic E-state index is 11.5. The van der Waals surface area contributed by atoms with Gasteiger partial charge in [0.2, 0.25) is 5.91 Å². The van der Waals surface area contributed by atoms with Crippen LogP contribution in [0.4, 0.5) is 4.79 Å². The Balaban J connectivity index is 0.00000312. The lowest BCUT2D eigenvalue weighted by Gasteiger charge is -2.33. The van der Waals surface area contributed by atoms with E-state index in [1.807, 2.05) is 0 Å². The van der Waals surface area contributed by atoms with Crippen LogP contribution in [0.15, 0.2) is 4.99 Å². The maximum absolute atomic E-state index is 11.5. The van der Waals surface area contributed by atoms with Gasteiger partial charge in [-0.3, -0.25) is 14.7 Å². The van der Waals surface area contributed by atoms with E-state index >= 15 is 0 Å². The number of amides is 3. The Morgan fingerprint density at radius 1 is 1.28 bits per heavy atom. The van der Waals surface area contributed by atoms with Crippen molar-refractivity contribution in [1.82, 2.24) is 25.8 Å². The van der Waals surface area contributed by atoms with Crippen LogP contribution in [0.1, 0.15) is 32.6 Å². The minimum atomic E-state index is -0.316. The summed E-state index contributed by atoms with van der Waals surface area (Å²) < 4.78 is 0. The molecule has 0 unspecified atom stereocenters. The van der Waals surface area contributed by atoms with Gasteiger partial charge in [-0.1, -0.05) is 13.3 Å². The number of carbonyl (C=O) groups excluding carboxylic acids is 2. The van der Waals surface area contributed by atoms with Gasteiger partial charge in [-0.2, -0.15) is 0 Å². The SMILES string of the molecule is CCCCN1CCC(NC(=NC)NCCN2C(=O)CNC2=O)CC1.I. The van der Waals surface area contributed by atoms with Crippen LogP contribution in [0.3, 0.4) is 0 Å². The summed E-state index contributed by atoms with van der Waals surface area (Å²) in [5, 5.41) is 9.13. The highest BCUT2D eigenvalue weighted by Crippen LogP contribution is 2.11. The summed E-state index contributed by atoms with van der Waals surface area (Å²) in [6.45, 7) is 6.61. The number of nitrogens with zero attached hydrogens (tertiary/aromatic N) is 3. The van der Waals surface area contributed by atoms with Gasteiger partial charge in [0.05, 0.1) is 6.54 Å². The molecule has 0 aromatic rings. The predicted octanol–water partition coefficient (Wildman–Crippen LogP) is 0.586. The molecule has 0 atom stereocenters. The quantitative estimate of drug-likeness (QED) is 0.221. The molecule has 0 spiro atoms. The molecule has 0 aromatic carbocycles. The zero-order chi connectivity index (χ0) is 17.4. The topological polar surface area (TPSA) is 89.1 Å². The minimum absolute atomic E-state index is 0. The number of piperidine rings is 1. The average molecular weight is 466 g/mol. The molecule has 0 radical (unpaired) electrons. The molecule has 2 aliphatic heterocycles. The van der Waals surface area contributed by atoms with Crippen molar-refractivity contribution in [3.8, 4) is 0 Å². The second-order valence-electron chi connectivity index (χ2n) is 6.32. The first kappa shape index (κ1) is 21.9. The van der Waals surface area contributed by atoms with Gasteiger partial charge in [-0.25, -0.2) is 4.79 Å². The number of rotatable bonds is 7. The number of hydrogen-bond donors (Lipinski definition) is 3. The number of unbranched alkanes of at least 4 members (excludes halogenated alkanes) is 1. The van der Waals surface area contributed by atoms with Crippen molar-refractivity contribution >= 4 is 41.9 Å². The van der Waals surface area contributed by atoms with E-state index in [-0.39, 0.29) is 42.5 Å². The average Bonchev–Trinajstić information content (AvgIpc) is 2.92. The van der Waals surface area contributed by atoms with Gasteiger partial charge in [-0.05, 0) is 25.8 Å². The van der Waals surface area contributed by atoms with Gasteiger partial charge in [0.25, 0.3) is 0 Å². The van der Waals surface area contributed by atoms with Crippen molar-refractivity contribution in [2.75, 3.05) is 46.3 Å². The van der Waals surface area contributed by atoms with Crippen LogP contribution in [0.2, 0.25) is 0 Å². The second kappa shape index (κ2) is 11.5. The monoisotopic (exact) mass is 466 g/mol. The predicted molar refractivity (Wildman–Crippen MR) is 109 cm³/mol. The molecular weight excluding hydrogens is 435 g/mol. The van der Waals surface area contributed by atoms with E-state index in [1.165, 1.54) is 24.3 Å². The molecule has 2 saturated heterocycles. The highest BCUT2D eigenvalue weighted by Gasteiger charge is 2.27. The molecule has 3 amide bonds. The zero-order valence-electron chi connectivity index (χ0n) is 15.2. The van der Waals surface area contributed by atoms with Crippen LogP contribution >= 0.6 is 24.0 Å². The first-order valence-corrected chi connectivity index (χ1v) is 8.91. The van der Waals surface area contributed by atoms with Crippen LogP contribution in [-0.4, -0.2) is 80.1 Å². The van der Waals surface area contributed by atoms with E-state index < -0.39 is 0 Å². The number of aliphatic imine (C=N–C) groups is 1. The molecule has 0 aromatic heterocycles. The fourth-order valence-corrected chi connectivity index (χ4v) is 3.04. The molecule has 0 saturated carbocycles. The summed E-state index contributed by atoms with van der Waals surface area (Å²) in [5.74, 6) is 0.554. The third-order valence-electron chi connectivity index (χ3n) is 4.54. The van der Waals surface area contributed by atoms with Crippen molar-refractivity contribution in [3.05, 3.63) is 0 Å². The number of carbonyl (C=O) groups is 2. The molecule has 9 heteroatoms. The van der Waals surface area contributed by atoms with Gasteiger partial charge in [0.1, 0.15) is 0 Å². The lowest BCUT2D eigenvalue weighted by atomic mass is 10.0. The lowest BCUT2D eigenvalue weighted by molar-refractivity contribution is -0.124. The van der Waals surface area contributed by atoms with Crippen LogP contribution in [0.5, 0.6) is 0 Å². The van der Waals surface area contributed by atoms with E-state index in [9.17, 15) is 9.59 Å². The third kappa shape index (κ3) is 6.96. The number of guanidine groups is 1. The Hall–Kier alpha value is -1.10. The molecule has 0 aliphatic carbocycles. The summed E-state index contributed by atoms with van der Waals surface area (Å²) in [6.07, 6.45) is 4.73.